The zero-order valence-electron chi connectivity index (χ0n) is 12.8. The largest absolute Gasteiger partial charge is 0.355 e. The average Bonchev–Trinajstić information content (AvgIpc) is 2.84. The van der Waals surface area contributed by atoms with Gasteiger partial charge in [-0.25, -0.2) is 4.68 Å². The predicted molar refractivity (Wildman–Crippen MR) is 95.6 cm³/mol. The Bertz CT molecular complexity index is 706. The first-order chi connectivity index (χ1) is 10.5. The second-order valence-electron chi connectivity index (χ2n) is 5.32. The number of thioether (sulfide) groups is 1. The fourth-order valence-corrected chi connectivity index (χ4v) is 3.95. The van der Waals surface area contributed by atoms with Crippen LogP contribution in [-0.2, 0) is 4.79 Å². The van der Waals surface area contributed by atoms with Crippen molar-refractivity contribution in [2.75, 3.05) is 12.3 Å². The number of para-hydroxylation sites is 1. The minimum absolute atomic E-state index is 0.0299. The number of benzene rings is 1. The maximum absolute atomic E-state index is 11.7. The second kappa shape index (κ2) is 7.89. The lowest BCUT2D eigenvalue weighted by Gasteiger charge is -2.06. The molecule has 1 amide bonds. The summed E-state index contributed by atoms with van der Waals surface area (Å²) in [6.45, 7) is 6.88. The number of hydrogen-bond donors (Lipinski definition) is 1. The molecule has 0 aliphatic carbocycles. The first-order valence-electron chi connectivity index (χ1n) is 7.03. The zero-order chi connectivity index (χ0) is 16.1. The molecule has 0 radical (unpaired) electrons. The molecule has 22 heavy (non-hydrogen) atoms. The van der Waals surface area contributed by atoms with Crippen LogP contribution in [0.4, 0.5) is 0 Å². The monoisotopic (exact) mass is 353 g/mol. The van der Waals surface area contributed by atoms with Crippen LogP contribution in [-0.4, -0.2) is 28.0 Å². The Morgan fingerprint density at radius 2 is 2.18 bits per heavy atom. The standard InChI is InChI=1S/C15H19N3OS3/c1-10(2)8-16-13(19)9-21-14-17-18(15(20)22-14)12-7-5-4-6-11(12)3/h4-7,10H,8-9H2,1-3H3,(H,16,19). The van der Waals surface area contributed by atoms with Crippen molar-refractivity contribution in [3.8, 4) is 5.69 Å². The molecule has 1 heterocycles. The third-order valence-electron chi connectivity index (χ3n) is 2.91. The molecule has 0 aliphatic rings. The van der Waals surface area contributed by atoms with E-state index in [1.807, 2.05) is 31.2 Å². The Morgan fingerprint density at radius 3 is 2.86 bits per heavy atom. The van der Waals surface area contributed by atoms with Crippen LogP contribution in [0.15, 0.2) is 28.6 Å². The van der Waals surface area contributed by atoms with Gasteiger partial charge < -0.3 is 5.32 Å². The van der Waals surface area contributed by atoms with E-state index in [4.69, 9.17) is 12.2 Å². The molecule has 0 bridgehead atoms. The fourth-order valence-electron chi connectivity index (χ4n) is 1.77. The molecule has 0 fully saturated rings. The van der Waals surface area contributed by atoms with Gasteiger partial charge in [0, 0.05) is 6.54 Å². The highest BCUT2D eigenvalue weighted by molar-refractivity contribution is 8.01. The van der Waals surface area contributed by atoms with Crippen molar-refractivity contribution >= 4 is 41.2 Å². The summed E-state index contributed by atoms with van der Waals surface area (Å²) in [4.78, 5) is 11.7. The highest BCUT2D eigenvalue weighted by Crippen LogP contribution is 2.24. The molecule has 0 saturated carbocycles. The van der Waals surface area contributed by atoms with E-state index in [-0.39, 0.29) is 5.91 Å². The third kappa shape index (κ3) is 4.66. The summed E-state index contributed by atoms with van der Waals surface area (Å²) >= 11 is 8.24. The lowest BCUT2D eigenvalue weighted by molar-refractivity contribution is -0.118. The summed E-state index contributed by atoms with van der Waals surface area (Å²) in [5, 5.41) is 7.42. The maximum Gasteiger partial charge on any atom is 0.230 e. The van der Waals surface area contributed by atoms with E-state index in [9.17, 15) is 4.79 Å². The summed E-state index contributed by atoms with van der Waals surface area (Å²) in [6.07, 6.45) is 0. The van der Waals surface area contributed by atoms with Crippen molar-refractivity contribution in [3.63, 3.8) is 0 Å². The van der Waals surface area contributed by atoms with E-state index >= 15 is 0 Å². The van der Waals surface area contributed by atoms with Gasteiger partial charge in [0.25, 0.3) is 0 Å². The van der Waals surface area contributed by atoms with Crippen molar-refractivity contribution in [1.29, 1.82) is 0 Å². The van der Waals surface area contributed by atoms with Crippen molar-refractivity contribution in [3.05, 3.63) is 33.8 Å². The van der Waals surface area contributed by atoms with Crippen LogP contribution < -0.4 is 5.32 Å². The van der Waals surface area contributed by atoms with Crippen LogP contribution in [0.5, 0.6) is 0 Å². The maximum atomic E-state index is 11.7. The Balaban J connectivity index is 2.03. The van der Waals surface area contributed by atoms with E-state index in [2.05, 4.69) is 24.3 Å². The van der Waals surface area contributed by atoms with Crippen LogP contribution in [0.3, 0.4) is 0 Å². The summed E-state index contributed by atoms with van der Waals surface area (Å²) in [6, 6.07) is 7.98. The molecular weight excluding hydrogens is 334 g/mol. The molecule has 0 unspecified atom stereocenters. The fraction of sp³-hybridized carbons (Fsp3) is 0.400. The average molecular weight is 354 g/mol. The van der Waals surface area contributed by atoms with E-state index in [0.717, 1.165) is 15.6 Å². The number of hydrogen-bond acceptors (Lipinski definition) is 5. The molecule has 7 heteroatoms. The molecule has 0 spiro atoms. The molecular formula is C15H19N3OS3. The Labute approximate surface area is 143 Å². The summed E-state index contributed by atoms with van der Waals surface area (Å²) in [5.74, 6) is 0.849. The second-order valence-corrected chi connectivity index (χ2v) is 8.16. The molecule has 118 valence electrons. The number of aromatic nitrogens is 2. The quantitative estimate of drug-likeness (QED) is 0.633. The van der Waals surface area contributed by atoms with E-state index in [0.29, 0.717) is 22.2 Å². The number of carbonyl (C=O) groups excluding carboxylic acids is 1. The molecule has 0 aliphatic heterocycles. The first kappa shape index (κ1) is 17.2. The van der Waals surface area contributed by atoms with Gasteiger partial charge in [-0.3, -0.25) is 4.79 Å². The number of amides is 1. The number of aryl methyl sites for hydroxylation is 1. The smallest absolute Gasteiger partial charge is 0.230 e. The molecule has 1 aromatic carbocycles. The highest BCUT2D eigenvalue weighted by atomic mass is 32.2. The Hall–Kier alpha value is -1.18. The van der Waals surface area contributed by atoms with Gasteiger partial charge in [-0.15, -0.1) is 5.10 Å². The third-order valence-corrected chi connectivity index (χ3v) is 5.27. The van der Waals surface area contributed by atoms with Crippen LogP contribution in [0.2, 0.25) is 0 Å². The minimum atomic E-state index is 0.0299. The van der Waals surface area contributed by atoms with Gasteiger partial charge in [0.05, 0.1) is 11.4 Å². The van der Waals surface area contributed by atoms with Gasteiger partial charge in [-0.2, -0.15) is 0 Å². The lowest BCUT2D eigenvalue weighted by Crippen LogP contribution is -2.28. The number of rotatable bonds is 6. The summed E-state index contributed by atoms with van der Waals surface area (Å²) in [7, 11) is 0. The minimum Gasteiger partial charge on any atom is -0.355 e. The van der Waals surface area contributed by atoms with Crippen LogP contribution in [0, 0.1) is 16.8 Å². The Morgan fingerprint density at radius 1 is 1.45 bits per heavy atom. The number of carbonyl (C=O) groups is 1. The van der Waals surface area contributed by atoms with Crippen LogP contribution in [0.1, 0.15) is 19.4 Å². The number of nitrogens with one attached hydrogen (secondary N) is 1. The van der Waals surface area contributed by atoms with Crippen molar-refractivity contribution < 1.29 is 4.79 Å². The van der Waals surface area contributed by atoms with Gasteiger partial charge in [0.2, 0.25) is 5.91 Å². The zero-order valence-corrected chi connectivity index (χ0v) is 15.3. The molecule has 0 saturated heterocycles. The summed E-state index contributed by atoms with van der Waals surface area (Å²) < 4.78 is 3.27. The predicted octanol–water partition coefficient (Wildman–Crippen LogP) is 3.84. The topological polar surface area (TPSA) is 46.9 Å². The van der Waals surface area contributed by atoms with Gasteiger partial charge in [-0.1, -0.05) is 55.1 Å². The van der Waals surface area contributed by atoms with E-state index in [1.54, 1.807) is 4.68 Å². The molecule has 1 N–H and O–H groups in total. The van der Waals surface area contributed by atoms with Crippen LogP contribution >= 0.6 is 35.3 Å². The van der Waals surface area contributed by atoms with Crippen LogP contribution in [0.25, 0.3) is 5.69 Å². The Kier molecular flexibility index (Phi) is 6.16. The van der Waals surface area contributed by atoms with Crippen molar-refractivity contribution in [2.24, 2.45) is 5.92 Å². The van der Waals surface area contributed by atoms with Gasteiger partial charge >= 0.3 is 0 Å². The van der Waals surface area contributed by atoms with Crippen molar-refractivity contribution in [1.82, 2.24) is 15.1 Å². The molecule has 2 aromatic rings. The number of nitrogens with zero attached hydrogens (tertiary/aromatic N) is 2. The molecule has 1 aromatic heterocycles. The van der Waals surface area contributed by atoms with Gasteiger partial charge in [0.1, 0.15) is 0 Å². The van der Waals surface area contributed by atoms with Crippen molar-refractivity contribution in [2.45, 2.75) is 25.1 Å². The van der Waals surface area contributed by atoms with Gasteiger partial charge in [-0.05, 0) is 36.7 Å². The highest BCUT2D eigenvalue weighted by Gasteiger charge is 2.10. The lowest BCUT2D eigenvalue weighted by atomic mass is 10.2. The van der Waals surface area contributed by atoms with Gasteiger partial charge in [0.15, 0.2) is 8.29 Å². The SMILES string of the molecule is Cc1ccccc1-n1nc(SCC(=O)NCC(C)C)sc1=S. The molecule has 2 rings (SSSR count). The molecule has 4 nitrogen and oxygen atoms in total. The normalized spacial score (nSPS) is 10.9. The van der Waals surface area contributed by atoms with E-state index in [1.165, 1.54) is 23.1 Å². The first-order valence-corrected chi connectivity index (χ1v) is 9.24. The summed E-state index contributed by atoms with van der Waals surface area (Å²) in [5.41, 5.74) is 2.11. The molecule has 0 atom stereocenters. The van der Waals surface area contributed by atoms with E-state index < -0.39 is 0 Å².